The molecule has 20 heavy (non-hydrogen) atoms. The number of ether oxygens (including phenoxy) is 1. The number of piperidine rings is 1. The van der Waals surface area contributed by atoms with Gasteiger partial charge in [-0.1, -0.05) is 0 Å². The summed E-state index contributed by atoms with van der Waals surface area (Å²) >= 11 is 3.36. The van der Waals surface area contributed by atoms with Crippen molar-refractivity contribution in [2.24, 2.45) is 0 Å². The molecule has 1 amide bonds. The van der Waals surface area contributed by atoms with Crippen LogP contribution in [0.5, 0.6) is 5.75 Å². The van der Waals surface area contributed by atoms with Gasteiger partial charge in [0.05, 0.1) is 12.7 Å². The first-order valence-electron chi connectivity index (χ1n) is 6.65. The number of nitrogens with one attached hydrogen (secondary N) is 1. The molecule has 1 aromatic carbocycles. The maximum Gasteiger partial charge on any atom is 0.257 e. The maximum atomic E-state index is 12.7. The Labute approximate surface area is 127 Å². The maximum absolute atomic E-state index is 12.7. The number of halogens is 1. The molecule has 5 nitrogen and oxygen atoms in total. The number of rotatable bonds is 3. The summed E-state index contributed by atoms with van der Waals surface area (Å²) in [4.78, 5) is 14.5. The number of hydrogen-bond donors (Lipinski definition) is 2. The molecule has 1 aromatic rings. The summed E-state index contributed by atoms with van der Waals surface area (Å²) in [6, 6.07) is 3.67. The lowest BCUT2D eigenvalue weighted by atomic mass is 10.0. The van der Waals surface area contributed by atoms with Crippen LogP contribution in [0.25, 0.3) is 0 Å². The van der Waals surface area contributed by atoms with Gasteiger partial charge in [-0.15, -0.1) is 0 Å². The Morgan fingerprint density at radius 2 is 2.10 bits per heavy atom. The summed E-state index contributed by atoms with van der Waals surface area (Å²) in [5.41, 5.74) is 6.92. The quantitative estimate of drug-likeness (QED) is 0.823. The van der Waals surface area contributed by atoms with Crippen LogP contribution in [0.2, 0.25) is 0 Å². The number of nitrogens with zero attached hydrogens (tertiary/aromatic N) is 1. The summed E-state index contributed by atoms with van der Waals surface area (Å²) in [6.45, 7) is 1.90. The smallest absolute Gasteiger partial charge is 0.257 e. The molecule has 1 aliphatic rings. The lowest BCUT2D eigenvalue weighted by Crippen LogP contribution is -2.44. The average Bonchev–Trinajstić information content (AvgIpc) is 2.49. The summed E-state index contributed by atoms with van der Waals surface area (Å²) < 4.78 is 5.99. The minimum Gasteiger partial charge on any atom is -0.496 e. The van der Waals surface area contributed by atoms with Gasteiger partial charge >= 0.3 is 0 Å². The molecule has 1 heterocycles. The largest absolute Gasteiger partial charge is 0.496 e. The summed E-state index contributed by atoms with van der Waals surface area (Å²) in [7, 11) is 3.39. The van der Waals surface area contributed by atoms with Crippen LogP contribution in [-0.4, -0.2) is 44.1 Å². The number of carbonyl (C=O) groups is 1. The Hall–Kier alpha value is -1.27. The van der Waals surface area contributed by atoms with Gasteiger partial charge in [0.2, 0.25) is 0 Å². The fourth-order valence-electron chi connectivity index (χ4n) is 2.45. The van der Waals surface area contributed by atoms with E-state index in [2.05, 4.69) is 21.2 Å². The molecule has 0 aliphatic carbocycles. The minimum absolute atomic E-state index is 0.0329. The number of carbonyl (C=O) groups excluding carboxylic acids is 1. The third-order valence-corrected chi connectivity index (χ3v) is 4.41. The topological polar surface area (TPSA) is 67.6 Å². The highest BCUT2D eigenvalue weighted by molar-refractivity contribution is 9.10. The molecule has 0 saturated carbocycles. The average molecular weight is 342 g/mol. The second kappa shape index (κ2) is 6.45. The lowest BCUT2D eigenvalue weighted by molar-refractivity contribution is 0.0700. The van der Waals surface area contributed by atoms with E-state index in [4.69, 9.17) is 10.5 Å². The normalized spacial score (nSPS) is 15.9. The summed E-state index contributed by atoms with van der Waals surface area (Å²) in [5.74, 6) is 0.478. The summed E-state index contributed by atoms with van der Waals surface area (Å²) in [5, 5.41) is 3.30. The van der Waals surface area contributed by atoms with E-state index in [1.807, 2.05) is 7.05 Å². The molecular weight excluding hydrogens is 322 g/mol. The van der Waals surface area contributed by atoms with Crippen LogP contribution in [0, 0.1) is 0 Å². The van der Waals surface area contributed by atoms with Crippen molar-refractivity contribution in [1.29, 1.82) is 0 Å². The number of methoxy groups -OCH3 is 1. The fourth-order valence-corrected chi connectivity index (χ4v) is 2.80. The van der Waals surface area contributed by atoms with E-state index >= 15 is 0 Å². The van der Waals surface area contributed by atoms with Crippen LogP contribution in [0.4, 0.5) is 5.69 Å². The zero-order valence-electron chi connectivity index (χ0n) is 11.8. The fraction of sp³-hybridized carbons (Fsp3) is 0.500. The van der Waals surface area contributed by atoms with Gasteiger partial charge in [0.1, 0.15) is 5.75 Å². The van der Waals surface area contributed by atoms with Crippen molar-refractivity contribution in [3.8, 4) is 5.75 Å². The number of amides is 1. The van der Waals surface area contributed by atoms with Gasteiger partial charge < -0.3 is 20.7 Å². The van der Waals surface area contributed by atoms with E-state index in [0.29, 0.717) is 21.5 Å². The van der Waals surface area contributed by atoms with Gasteiger partial charge in [0, 0.05) is 29.3 Å². The van der Waals surface area contributed by atoms with Crippen molar-refractivity contribution in [3.63, 3.8) is 0 Å². The van der Waals surface area contributed by atoms with E-state index < -0.39 is 0 Å². The van der Waals surface area contributed by atoms with E-state index in [1.54, 1.807) is 24.1 Å². The Morgan fingerprint density at radius 3 is 2.70 bits per heavy atom. The molecular formula is C14H20BrN3O2. The van der Waals surface area contributed by atoms with Crippen LogP contribution in [-0.2, 0) is 0 Å². The molecule has 0 aromatic heterocycles. The van der Waals surface area contributed by atoms with Gasteiger partial charge in [-0.3, -0.25) is 4.79 Å². The Morgan fingerprint density at radius 1 is 1.45 bits per heavy atom. The standard InChI is InChI=1S/C14H20BrN3O2/c1-18(9-3-5-17-6-4-9)14(19)10-7-11(15)12(16)8-13(10)20-2/h7-9,17H,3-6,16H2,1-2H3. The van der Waals surface area contributed by atoms with Crippen molar-refractivity contribution in [2.75, 3.05) is 33.0 Å². The van der Waals surface area contributed by atoms with Crippen LogP contribution < -0.4 is 15.8 Å². The molecule has 0 unspecified atom stereocenters. The van der Waals surface area contributed by atoms with Gasteiger partial charge in [0.25, 0.3) is 5.91 Å². The van der Waals surface area contributed by atoms with Crippen molar-refractivity contribution >= 4 is 27.5 Å². The van der Waals surface area contributed by atoms with Crippen LogP contribution in [0.1, 0.15) is 23.2 Å². The minimum atomic E-state index is -0.0329. The number of nitrogens with two attached hydrogens (primary N) is 1. The Kier molecular flexibility index (Phi) is 4.88. The van der Waals surface area contributed by atoms with Crippen molar-refractivity contribution in [3.05, 3.63) is 22.2 Å². The zero-order valence-corrected chi connectivity index (χ0v) is 13.4. The van der Waals surface area contributed by atoms with Crippen molar-refractivity contribution < 1.29 is 9.53 Å². The second-order valence-electron chi connectivity index (χ2n) is 4.97. The molecule has 1 saturated heterocycles. The molecule has 0 atom stereocenters. The first-order valence-corrected chi connectivity index (χ1v) is 7.44. The first kappa shape index (κ1) is 15.1. The Bertz CT molecular complexity index is 501. The van der Waals surface area contributed by atoms with Crippen LogP contribution in [0.3, 0.4) is 0 Å². The van der Waals surface area contributed by atoms with E-state index in [9.17, 15) is 4.79 Å². The zero-order chi connectivity index (χ0) is 14.7. The molecule has 1 fully saturated rings. The molecule has 2 rings (SSSR count). The van der Waals surface area contributed by atoms with Crippen LogP contribution in [0.15, 0.2) is 16.6 Å². The number of anilines is 1. The van der Waals surface area contributed by atoms with Gasteiger partial charge in [-0.05, 0) is 47.9 Å². The van der Waals surface area contributed by atoms with Gasteiger partial charge in [0.15, 0.2) is 0 Å². The number of benzene rings is 1. The van der Waals surface area contributed by atoms with E-state index in [1.165, 1.54) is 0 Å². The molecule has 0 radical (unpaired) electrons. The monoisotopic (exact) mass is 341 g/mol. The molecule has 3 N–H and O–H groups in total. The highest BCUT2D eigenvalue weighted by atomic mass is 79.9. The molecule has 110 valence electrons. The highest BCUT2D eigenvalue weighted by Crippen LogP contribution is 2.30. The second-order valence-corrected chi connectivity index (χ2v) is 5.83. The molecule has 1 aliphatic heterocycles. The third kappa shape index (κ3) is 3.07. The Balaban J connectivity index is 2.25. The first-order chi connectivity index (χ1) is 9.54. The van der Waals surface area contributed by atoms with Gasteiger partial charge in [-0.2, -0.15) is 0 Å². The molecule has 0 bridgehead atoms. The van der Waals surface area contributed by atoms with E-state index in [0.717, 1.165) is 25.9 Å². The third-order valence-electron chi connectivity index (χ3n) is 3.73. The van der Waals surface area contributed by atoms with E-state index in [-0.39, 0.29) is 11.9 Å². The molecule has 6 heteroatoms. The lowest BCUT2D eigenvalue weighted by Gasteiger charge is -2.32. The van der Waals surface area contributed by atoms with Crippen LogP contribution >= 0.6 is 15.9 Å². The van der Waals surface area contributed by atoms with Gasteiger partial charge in [-0.25, -0.2) is 0 Å². The molecule has 0 spiro atoms. The predicted molar refractivity (Wildman–Crippen MR) is 83.1 cm³/mol. The van der Waals surface area contributed by atoms with Crippen molar-refractivity contribution in [2.45, 2.75) is 18.9 Å². The number of hydrogen-bond acceptors (Lipinski definition) is 4. The number of nitrogen functional groups attached to an aromatic ring is 1. The highest BCUT2D eigenvalue weighted by Gasteiger charge is 2.25. The predicted octanol–water partition coefficient (Wildman–Crippen LogP) is 1.86. The van der Waals surface area contributed by atoms with Crippen molar-refractivity contribution in [1.82, 2.24) is 10.2 Å². The summed E-state index contributed by atoms with van der Waals surface area (Å²) in [6.07, 6.45) is 1.95. The SMILES string of the molecule is COc1cc(N)c(Br)cc1C(=O)N(C)C1CCNCC1.